The molecule has 0 radical (unpaired) electrons. The van der Waals surface area contributed by atoms with Crippen molar-refractivity contribution in [3.63, 3.8) is 0 Å². The van der Waals surface area contributed by atoms with Crippen LogP contribution in [0.3, 0.4) is 0 Å². The third-order valence-corrected chi connectivity index (χ3v) is 4.02. The summed E-state index contributed by atoms with van der Waals surface area (Å²) in [4.78, 5) is 19.9. The minimum Gasteiger partial charge on any atom is -0.353 e. The van der Waals surface area contributed by atoms with E-state index in [0.717, 1.165) is 10.5 Å². The van der Waals surface area contributed by atoms with E-state index in [1.165, 1.54) is 6.92 Å². The maximum Gasteiger partial charge on any atom is 0.433 e. The van der Waals surface area contributed by atoms with Gasteiger partial charge in [-0.2, -0.15) is 13.2 Å². The second-order valence-electron chi connectivity index (χ2n) is 5.33. The van der Waals surface area contributed by atoms with Gasteiger partial charge >= 0.3 is 6.18 Å². The molecule has 0 bridgehead atoms. The number of hydrogen-bond donors (Lipinski definition) is 0. The quantitative estimate of drug-likeness (QED) is 0.769. The molecular formula is C14H14BrF3N6. The van der Waals surface area contributed by atoms with Crippen LogP contribution in [0, 0.1) is 6.92 Å². The number of hydrogen-bond acceptors (Lipinski definition) is 6. The van der Waals surface area contributed by atoms with E-state index in [1.54, 1.807) is 12.4 Å². The number of alkyl halides is 3. The highest BCUT2D eigenvalue weighted by atomic mass is 79.9. The predicted molar refractivity (Wildman–Crippen MR) is 85.9 cm³/mol. The van der Waals surface area contributed by atoms with Crippen LogP contribution in [0.5, 0.6) is 0 Å². The van der Waals surface area contributed by atoms with Crippen molar-refractivity contribution in [1.29, 1.82) is 0 Å². The Morgan fingerprint density at radius 3 is 2.17 bits per heavy atom. The van der Waals surface area contributed by atoms with E-state index in [2.05, 4.69) is 35.9 Å². The molecule has 128 valence electrons. The van der Waals surface area contributed by atoms with Crippen molar-refractivity contribution in [1.82, 2.24) is 19.9 Å². The average Bonchev–Trinajstić information content (AvgIpc) is 2.54. The Morgan fingerprint density at radius 2 is 1.58 bits per heavy atom. The number of piperazine rings is 1. The van der Waals surface area contributed by atoms with Crippen LogP contribution in [0.2, 0.25) is 0 Å². The molecule has 6 nitrogen and oxygen atoms in total. The van der Waals surface area contributed by atoms with Crippen LogP contribution in [0.15, 0.2) is 22.9 Å². The molecule has 0 unspecified atom stereocenters. The van der Waals surface area contributed by atoms with Gasteiger partial charge in [-0.25, -0.2) is 19.9 Å². The zero-order valence-electron chi connectivity index (χ0n) is 12.8. The second-order valence-corrected chi connectivity index (χ2v) is 6.25. The number of rotatable bonds is 2. The number of halogens is 4. The van der Waals surface area contributed by atoms with Crippen LogP contribution >= 0.6 is 15.9 Å². The minimum atomic E-state index is -4.48. The van der Waals surface area contributed by atoms with Crippen LogP contribution in [0.4, 0.5) is 24.9 Å². The minimum absolute atomic E-state index is 0.110. The molecule has 0 saturated carbocycles. The van der Waals surface area contributed by atoms with Crippen LogP contribution in [-0.4, -0.2) is 46.1 Å². The van der Waals surface area contributed by atoms with Crippen LogP contribution in [0.1, 0.15) is 11.5 Å². The van der Waals surface area contributed by atoms with E-state index in [1.807, 2.05) is 9.80 Å². The summed E-state index contributed by atoms with van der Waals surface area (Å²) in [5.41, 5.74) is -0.913. The van der Waals surface area contributed by atoms with E-state index in [4.69, 9.17) is 0 Å². The molecule has 1 fully saturated rings. The van der Waals surface area contributed by atoms with Gasteiger partial charge in [-0.05, 0) is 22.9 Å². The first-order valence-electron chi connectivity index (χ1n) is 7.23. The zero-order chi connectivity index (χ0) is 17.3. The third-order valence-electron chi connectivity index (χ3n) is 3.61. The Morgan fingerprint density at radius 1 is 1.00 bits per heavy atom. The van der Waals surface area contributed by atoms with Crippen molar-refractivity contribution in [3.05, 3.63) is 34.5 Å². The highest BCUT2D eigenvalue weighted by Crippen LogP contribution is 2.30. The number of aromatic nitrogens is 4. The normalized spacial score (nSPS) is 15.7. The van der Waals surface area contributed by atoms with Gasteiger partial charge in [0.2, 0.25) is 5.95 Å². The summed E-state index contributed by atoms with van der Waals surface area (Å²) in [6, 6.07) is 0.999. The maximum atomic E-state index is 12.9. The van der Waals surface area contributed by atoms with Gasteiger partial charge in [0.1, 0.15) is 17.3 Å². The van der Waals surface area contributed by atoms with Gasteiger partial charge in [0, 0.05) is 44.6 Å². The molecule has 1 aliphatic heterocycles. The van der Waals surface area contributed by atoms with Crippen LogP contribution in [0.25, 0.3) is 0 Å². The summed E-state index contributed by atoms with van der Waals surface area (Å²) in [5, 5.41) is 0. The Kier molecular flexibility index (Phi) is 4.57. The summed E-state index contributed by atoms with van der Waals surface area (Å²) < 4.78 is 39.5. The molecule has 1 aliphatic rings. The topological polar surface area (TPSA) is 58.0 Å². The fraction of sp³-hybridized carbons (Fsp3) is 0.429. The molecule has 2 aromatic rings. The van der Waals surface area contributed by atoms with Crippen molar-refractivity contribution in [2.24, 2.45) is 0 Å². The fourth-order valence-corrected chi connectivity index (χ4v) is 2.67. The summed E-state index contributed by atoms with van der Waals surface area (Å²) in [6.45, 7) is 3.74. The predicted octanol–water partition coefficient (Wildman–Crippen LogP) is 2.68. The van der Waals surface area contributed by atoms with Gasteiger partial charge in [0.25, 0.3) is 0 Å². The first-order chi connectivity index (χ1) is 11.3. The van der Waals surface area contributed by atoms with E-state index in [-0.39, 0.29) is 5.82 Å². The van der Waals surface area contributed by atoms with Gasteiger partial charge < -0.3 is 9.80 Å². The molecule has 0 spiro atoms. The number of anilines is 2. The van der Waals surface area contributed by atoms with E-state index in [9.17, 15) is 13.2 Å². The summed E-state index contributed by atoms with van der Waals surface area (Å²) in [6.07, 6.45) is -1.15. The molecule has 0 atom stereocenters. The molecule has 1 saturated heterocycles. The summed E-state index contributed by atoms with van der Waals surface area (Å²) in [5.74, 6) is 1.01. The molecule has 24 heavy (non-hydrogen) atoms. The first kappa shape index (κ1) is 16.9. The highest BCUT2D eigenvalue weighted by Gasteiger charge is 2.34. The molecule has 3 heterocycles. The lowest BCUT2D eigenvalue weighted by Crippen LogP contribution is -2.47. The van der Waals surface area contributed by atoms with Gasteiger partial charge in [0.15, 0.2) is 0 Å². The van der Waals surface area contributed by atoms with Crippen LogP contribution in [-0.2, 0) is 6.18 Å². The smallest absolute Gasteiger partial charge is 0.353 e. The van der Waals surface area contributed by atoms with Crippen molar-refractivity contribution in [2.45, 2.75) is 13.1 Å². The largest absolute Gasteiger partial charge is 0.433 e. The lowest BCUT2D eigenvalue weighted by atomic mass is 10.3. The standard InChI is InChI=1S/C14H14BrF3N6/c1-9-21-11(14(16,17)18)6-12(22-9)23-2-4-24(5-3-23)13-19-7-10(15)8-20-13/h6-8H,2-5H2,1H3. The fourth-order valence-electron chi connectivity index (χ4n) is 2.46. The molecule has 2 aromatic heterocycles. The molecule has 0 aromatic carbocycles. The Balaban J connectivity index is 1.73. The lowest BCUT2D eigenvalue weighted by Gasteiger charge is -2.35. The van der Waals surface area contributed by atoms with Crippen molar-refractivity contribution in [2.75, 3.05) is 36.0 Å². The van der Waals surface area contributed by atoms with Gasteiger partial charge in [-0.3, -0.25) is 0 Å². The second kappa shape index (κ2) is 6.50. The molecule has 0 amide bonds. The van der Waals surface area contributed by atoms with Crippen molar-refractivity contribution >= 4 is 27.7 Å². The molecule has 10 heteroatoms. The molecule has 0 N–H and O–H groups in total. The first-order valence-corrected chi connectivity index (χ1v) is 8.02. The number of aryl methyl sites for hydroxylation is 1. The SMILES string of the molecule is Cc1nc(N2CCN(c3ncc(Br)cn3)CC2)cc(C(F)(F)F)n1. The lowest BCUT2D eigenvalue weighted by molar-refractivity contribution is -0.141. The summed E-state index contributed by atoms with van der Waals surface area (Å²) >= 11 is 3.28. The van der Waals surface area contributed by atoms with E-state index >= 15 is 0 Å². The Bertz CT molecular complexity index is 713. The molecule has 3 rings (SSSR count). The summed E-state index contributed by atoms with van der Waals surface area (Å²) in [7, 11) is 0. The zero-order valence-corrected chi connectivity index (χ0v) is 14.3. The molecular weight excluding hydrogens is 389 g/mol. The number of nitrogens with zero attached hydrogens (tertiary/aromatic N) is 6. The average molecular weight is 403 g/mol. The Labute approximate surface area is 144 Å². The van der Waals surface area contributed by atoms with Crippen molar-refractivity contribution in [3.8, 4) is 0 Å². The van der Waals surface area contributed by atoms with Gasteiger partial charge in [0.05, 0.1) is 4.47 Å². The van der Waals surface area contributed by atoms with Gasteiger partial charge in [-0.1, -0.05) is 0 Å². The molecule has 0 aliphatic carbocycles. The van der Waals surface area contributed by atoms with Crippen molar-refractivity contribution < 1.29 is 13.2 Å². The van der Waals surface area contributed by atoms with Crippen LogP contribution < -0.4 is 9.80 Å². The highest BCUT2D eigenvalue weighted by molar-refractivity contribution is 9.10. The third kappa shape index (κ3) is 3.74. The maximum absolute atomic E-state index is 12.9. The van der Waals surface area contributed by atoms with Gasteiger partial charge in [-0.15, -0.1) is 0 Å². The monoisotopic (exact) mass is 402 g/mol. The Hall–Kier alpha value is -1.97. The van der Waals surface area contributed by atoms with E-state index < -0.39 is 11.9 Å². The van der Waals surface area contributed by atoms with E-state index in [0.29, 0.717) is 37.9 Å².